The number of carbonyl (C=O) groups excluding carboxylic acids is 1. The van der Waals surface area contributed by atoms with Crippen LogP contribution >= 0.6 is 0 Å². The van der Waals surface area contributed by atoms with Crippen LogP contribution in [0.5, 0.6) is 5.75 Å². The molecule has 14 heavy (non-hydrogen) atoms. The number of phenolic OH excluding ortho intramolecular Hbond substituents is 1. The van der Waals surface area contributed by atoms with Gasteiger partial charge in [-0.05, 0) is 25.5 Å². The van der Waals surface area contributed by atoms with E-state index in [1.807, 2.05) is 0 Å². The maximum Gasteiger partial charge on any atom is 0.342 e. The highest BCUT2D eigenvalue weighted by molar-refractivity contribution is 5.94. The number of phenols is 1. The van der Waals surface area contributed by atoms with Crippen molar-refractivity contribution in [2.75, 3.05) is 7.11 Å². The van der Waals surface area contributed by atoms with Crippen LogP contribution in [0, 0.1) is 19.7 Å². The van der Waals surface area contributed by atoms with E-state index in [9.17, 15) is 14.3 Å². The fraction of sp³-hybridized carbons (Fsp3) is 0.300. The zero-order valence-electron chi connectivity index (χ0n) is 8.22. The number of rotatable bonds is 1. The van der Waals surface area contributed by atoms with Crippen LogP contribution in [0.15, 0.2) is 6.07 Å². The van der Waals surface area contributed by atoms with Gasteiger partial charge < -0.3 is 9.84 Å². The number of hydrogen-bond acceptors (Lipinski definition) is 3. The number of benzene rings is 1. The van der Waals surface area contributed by atoms with Gasteiger partial charge in [-0.15, -0.1) is 0 Å². The number of ether oxygens (including phenoxy) is 1. The van der Waals surface area contributed by atoms with Crippen molar-refractivity contribution in [2.24, 2.45) is 0 Å². The van der Waals surface area contributed by atoms with Crippen LogP contribution in [0.3, 0.4) is 0 Å². The summed E-state index contributed by atoms with van der Waals surface area (Å²) in [6.45, 7) is 2.94. The Hall–Kier alpha value is -1.58. The predicted molar refractivity (Wildman–Crippen MR) is 48.9 cm³/mol. The Morgan fingerprint density at radius 1 is 1.50 bits per heavy atom. The van der Waals surface area contributed by atoms with Gasteiger partial charge in [0.25, 0.3) is 0 Å². The first-order chi connectivity index (χ1) is 6.49. The normalized spacial score (nSPS) is 10.0. The number of methoxy groups -OCH3 is 1. The average Bonchev–Trinajstić information content (AvgIpc) is 2.14. The van der Waals surface area contributed by atoms with Gasteiger partial charge in [0.1, 0.15) is 17.1 Å². The van der Waals surface area contributed by atoms with Crippen molar-refractivity contribution >= 4 is 5.97 Å². The molecule has 0 amide bonds. The second kappa shape index (κ2) is 3.65. The quantitative estimate of drug-likeness (QED) is 0.701. The maximum absolute atomic E-state index is 13.3. The van der Waals surface area contributed by atoms with E-state index in [2.05, 4.69) is 4.74 Å². The Morgan fingerprint density at radius 2 is 2.07 bits per heavy atom. The van der Waals surface area contributed by atoms with Gasteiger partial charge in [0.15, 0.2) is 0 Å². The molecular formula is C10H11FO3. The van der Waals surface area contributed by atoms with Crippen LogP contribution in [0.2, 0.25) is 0 Å². The van der Waals surface area contributed by atoms with Gasteiger partial charge in [0.05, 0.1) is 7.11 Å². The first kappa shape index (κ1) is 10.5. The van der Waals surface area contributed by atoms with Crippen molar-refractivity contribution in [3.05, 3.63) is 28.6 Å². The molecule has 0 radical (unpaired) electrons. The lowest BCUT2D eigenvalue weighted by Crippen LogP contribution is -2.06. The third-order valence-electron chi connectivity index (χ3n) is 2.05. The van der Waals surface area contributed by atoms with E-state index in [1.54, 1.807) is 0 Å². The molecule has 0 atom stereocenters. The number of hydrogen-bond donors (Lipinski definition) is 1. The first-order valence-electron chi connectivity index (χ1n) is 4.06. The molecule has 0 fully saturated rings. The summed E-state index contributed by atoms with van der Waals surface area (Å²) in [7, 11) is 1.18. The topological polar surface area (TPSA) is 46.5 Å². The Morgan fingerprint density at radius 3 is 2.57 bits per heavy atom. The van der Waals surface area contributed by atoms with Crippen LogP contribution in [0.25, 0.3) is 0 Å². The molecule has 0 saturated heterocycles. The highest BCUT2D eigenvalue weighted by Crippen LogP contribution is 2.26. The van der Waals surface area contributed by atoms with Crippen LogP contribution in [0.4, 0.5) is 4.39 Å². The van der Waals surface area contributed by atoms with E-state index in [4.69, 9.17) is 0 Å². The molecule has 0 aliphatic rings. The highest BCUT2D eigenvalue weighted by atomic mass is 19.1. The lowest BCUT2D eigenvalue weighted by Gasteiger charge is -2.09. The summed E-state index contributed by atoms with van der Waals surface area (Å²) >= 11 is 0. The van der Waals surface area contributed by atoms with Crippen LogP contribution in [0.1, 0.15) is 21.5 Å². The summed E-state index contributed by atoms with van der Waals surface area (Å²) < 4.78 is 17.8. The van der Waals surface area contributed by atoms with Crippen molar-refractivity contribution < 1.29 is 19.0 Å². The molecule has 1 aromatic rings. The van der Waals surface area contributed by atoms with Crippen molar-refractivity contribution in [3.8, 4) is 5.75 Å². The molecule has 0 bridgehead atoms. The van der Waals surface area contributed by atoms with Crippen LogP contribution in [-0.4, -0.2) is 18.2 Å². The van der Waals surface area contributed by atoms with Gasteiger partial charge in [0, 0.05) is 5.56 Å². The van der Waals surface area contributed by atoms with Gasteiger partial charge in [0.2, 0.25) is 0 Å². The monoisotopic (exact) mass is 198 g/mol. The molecule has 0 aliphatic heterocycles. The smallest absolute Gasteiger partial charge is 0.342 e. The van der Waals surface area contributed by atoms with Crippen LogP contribution < -0.4 is 0 Å². The van der Waals surface area contributed by atoms with E-state index in [1.165, 1.54) is 27.0 Å². The molecule has 0 saturated carbocycles. The van der Waals surface area contributed by atoms with Crippen molar-refractivity contribution in [1.29, 1.82) is 0 Å². The van der Waals surface area contributed by atoms with E-state index in [0.717, 1.165) is 0 Å². The molecule has 1 rings (SSSR count). The van der Waals surface area contributed by atoms with Crippen molar-refractivity contribution in [1.82, 2.24) is 0 Å². The molecular weight excluding hydrogens is 187 g/mol. The second-order valence-electron chi connectivity index (χ2n) is 3.02. The molecule has 0 spiro atoms. The zero-order valence-corrected chi connectivity index (χ0v) is 8.22. The lowest BCUT2D eigenvalue weighted by atomic mass is 10.0. The number of halogens is 1. The Bertz CT molecular complexity index is 385. The fourth-order valence-corrected chi connectivity index (χ4v) is 1.30. The van der Waals surface area contributed by atoms with Crippen molar-refractivity contribution in [2.45, 2.75) is 13.8 Å². The van der Waals surface area contributed by atoms with Gasteiger partial charge in [-0.25, -0.2) is 9.18 Å². The average molecular weight is 198 g/mol. The first-order valence-corrected chi connectivity index (χ1v) is 4.06. The summed E-state index contributed by atoms with van der Waals surface area (Å²) in [4.78, 5) is 11.2. The molecule has 1 aromatic carbocycles. The number of carbonyl (C=O) groups is 1. The Kier molecular flexibility index (Phi) is 2.74. The highest BCUT2D eigenvalue weighted by Gasteiger charge is 2.19. The summed E-state index contributed by atoms with van der Waals surface area (Å²) in [5, 5.41) is 9.43. The SMILES string of the molecule is COC(=O)c1c(O)cc(C)c(F)c1C. The molecule has 0 aliphatic carbocycles. The van der Waals surface area contributed by atoms with Crippen LogP contribution in [-0.2, 0) is 4.74 Å². The minimum absolute atomic E-state index is 0.106. The third kappa shape index (κ3) is 1.55. The maximum atomic E-state index is 13.3. The Balaban J connectivity index is 3.44. The lowest BCUT2D eigenvalue weighted by molar-refractivity contribution is 0.0596. The van der Waals surface area contributed by atoms with Crippen molar-refractivity contribution in [3.63, 3.8) is 0 Å². The van der Waals surface area contributed by atoms with Gasteiger partial charge in [-0.2, -0.15) is 0 Å². The molecule has 0 unspecified atom stereocenters. The largest absolute Gasteiger partial charge is 0.507 e. The Labute approximate surface area is 81.1 Å². The van der Waals surface area contributed by atoms with Gasteiger partial charge in [-0.1, -0.05) is 0 Å². The number of aromatic hydroxyl groups is 1. The second-order valence-corrected chi connectivity index (χ2v) is 3.02. The standard InChI is InChI=1S/C10H11FO3/c1-5-4-7(12)8(10(13)14-3)6(2)9(5)11/h4,12H,1-3H3. The molecule has 3 nitrogen and oxygen atoms in total. The van der Waals surface area contributed by atoms with E-state index < -0.39 is 11.8 Å². The molecule has 1 N–H and O–H groups in total. The number of aryl methyl sites for hydroxylation is 1. The third-order valence-corrected chi connectivity index (χ3v) is 2.05. The molecule has 4 heteroatoms. The predicted octanol–water partition coefficient (Wildman–Crippen LogP) is 1.93. The molecule has 76 valence electrons. The summed E-state index contributed by atoms with van der Waals surface area (Å²) in [5.41, 5.74) is 0.289. The number of esters is 1. The van der Waals surface area contributed by atoms with Gasteiger partial charge >= 0.3 is 5.97 Å². The van der Waals surface area contributed by atoms with E-state index in [-0.39, 0.29) is 16.9 Å². The summed E-state index contributed by atoms with van der Waals surface area (Å²) in [6, 6.07) is 1.20. The summed E-state index contributed by atoms with van der Waals surface area (Å²) in [6.07, 6.45) is 0. The summed E-state index contributed by atoms with van der Waals surface area (Å²) in [5.74, 6) is -1.49. The minimum atomic E-state index is -0.737. The zero-order chi connectivity index (χ0) is 10.9. The minimum Gasteiger partial charge on any atom is -0.507 e. The van der Waals surface area contributed by atoms with E-state index in [0.29, 0.717) is 5.56 Å². The van der Waals surface area contributed by atoms with E-state index >= 15 is 0 Å². The fourth-order valence-electron chi connectivity index (χ4n) is 1.30. The molecule has 0 heterocycles. The molecule has 0 aromatic heterocycles. The van der Waals surface area contributed by atoms with Gasteiger partial charge in [-0.3, -0.25) is 0 Å².